The van der Waals surface area contributed by atoms with Crippen LogP contribution in [-0.2, 0) is 6.54 Å². The van der Waals surface area contributed by atoms with Crippen molar-refractivity contribution in [3.63, 3.8) is 0 Å². The molecule has 0 atom stereocenters. The minimum absolute atomic E-state index is 0.0179. The largest absolute Gasteiger partial charge is 0.369 e. The van der Waals surface area contributed by atoms with Crippen molar-refractivity contribution in [3.8, 4) is 22.6 Å². The summed E-state index contributed by atoms with van der Waals surface area (Å²) in [6.45, 7) is 0.0951. The van der Waals surface area contributed by atoms with Gasteiger partial charge in [-0.15, -0.1) is 0 Å². The maximum absolute atomic E-state index is 13.6. The highest BCUT2D eigenvalue weighted by Crippen LogP contribution is 2.22. The van der Waals surface area contributed by atoms with Crippen LogP contribution in [0.3, 0.4) is 0 Å². The van der Waals surface area contributed by atoms with Gasteiger partial charge in [-0.05, 0) is 29.8 Å². The van der Waals surface area contributed by atoms with Gasteiger partial charge in [-0.2, -0.15) is 5.10 Å². The van der Waals surface area contributed by atoms with Crippen LogP contribution in [0.5, 0.6) is 0 Å². The molecule has 0 bridgehead atoms. The van der Waals surface area contributed by atoms with Crippen LogP contribution in [0.2, 0.25) is 0 Å². The Morgan fingerprint density at radius 3 is 2.35 bits per heavy atom. The SMILES string of the molecule is CN(C)/C=N\c1cnc(-c2cccc(Cn3nc(-c4cc(F)c(F)c(F)c4)ccc3=O)c2)nc1. The van der Waals surface area contributed by atoms with Crippen molar-refractivity contribution in [3.05, 3.63) is 94.3 Å². The number of benzene rings is 2. The first kappa shape index (κ1) is 22.8. The van der Waals surface area contributed by atoms with E-state index in [2.05, 4.69) is 20.1 Å². The van der Waals surface area contributed by atoms with Crippen LogP contribution in [0.15, 0.2) is 70.7 Å². The fourth-order valence-corrected chi connectivity index (χ4v) is 3.12. The fraction of sp³-hybridized carbons (Fsp3) is 0.125. The molecule has 0 aliphatic carbocycles. The van der Waals surface area contributed by atoms with Gasteiger partial charge >= 0.3 is 0 Å². The van der Waals surface area contributed by atoms with E-state index in [4.69, 9.17) is 0 Å². The third kappa shape index (κ3) is 5.17. The van der Waals surface area contributed by atoms with Crippen LogP contribution in [0.25, 0.3) is 22.6 Å². The van der Waals surface area contributed by atoms with Gasteiger partial charge < -0.3 is 4.90 Å². The second kappa shape index (κ2) is 9.65. The first-order valence-electron chi connectivity index (χ1n) is 10.2. The summed E-state index contributed by atoms with van der Waals surface area (Å²) >= 11 is 0. The summed E-state index contributed by atoms with van der Waals surface area (Å²) in [5, 5.41) is 4.20. The van der Waals surface area contributed by atoms with Gasteiger partial charge in [-0.3, -0.25) is 4.79 Å². The van der Waals surface area contributed by atoms with Gasteiger partial charge in [0.15, 0.2) is 23.3 Å². The van der Waals surface area contributed by atoms with Crippen LogP contribution < -0.4 is 5.56 Å². The number of halogens is 3. The van der Waals surface area contributed by atoms with Gasteiger partial charge in [-0.1, -0.05) is 18.2 Å². The van der Waals surface area contributed by atoms with E-state index in [-0.39, 0.29) is 17.8 Å². The van der Waals surface area contributed by atoms with Crippen LogP contribution >= 0.6 is 0 Å². The molecule has 0 saturated heterocycles. The molecule has 2 aromatic carbocycles. The first-order chi connectivity index (χ1) is 16.3. The summed E-state index contributed by atoms with van der Waals surface area (Å²) in [5.74, 6) is -3.74. The Morgan fingerprint density at radius 1 is 0.971 bits per heavy atom. The molecular formula is C24H19F3N6O. The Morgan fingerprint density at radius 2 is 1.68 bits per heavy atom. The second-order valence-electron chi connectivity index (χ2n) is 7.64. The molecule has 2 aromatic heterocycles. The van der Waals surface area contributed by atoms with Gasteiger partial charge in [0.2, 0.25) is 0 Å². The average molecular weight is 464 g/mol. The maximum atomic E-state index is 13.6. The summed E-state index contributed by atoms with van der Waals surface area (Å²) < 4.78 is 41.7. The maximum Gasteiger partial charge on any atom is 0.267 e. The molecule has 2 heterocycles. The Labute approximate surface area is 192 Å². The molecule has 7 nitrogen and oxygen atoms in total. The molecule has 0 spiro atoms. The standard InChI is InChI=1S/C24H19F3N6O/c1-32(2)14-30-18-11-28-24(29-12-18)16-5-3-4-15(8-16)13-33-22(34)7-6-21(31-33)17-9-19(25)23(27)20(26)10-17/h3-12,14H,13H2,1-2H3/b30-14-. The predicted octanol–water partition coefficient (Wildman–Crippen LogP) is 4.05. The summed E-state index contributed by atoms with van der Waals surface area (Å²) in [4.78, 5) is 27.1. The van der Waals surface area contributed by atoms with Crippen molar-refractivity contribution < 1.29 is 13.2 Å². The van der Waals surface area contributed by atoms with Crippen LogP contribution in [-0.4, -0.2) is 45.1 Å². The van der Waals surface area contributed by atoms with Gasteiger partial charge in [-0.25, -0.2) is 32.8 Å². The van der Waals surface area contributed by atoms with Crippen molar-refractivity contribution in [1.29, 1.82) is 0 Å². The van der Waals surface area contributed by atoms with E-state index in [1.807, 2.05) is 26.2 Å². The summed E-state index contributed by atoms with van der Waals surface area (Å²) in [6.07, 6.45) is 4.85. The monoisotopic (exact) mass is 464 g/mol. The first-order valence-corrected chi connectivity index (χ1v) is 10.2. The van der Waals surface area contributed by atoms with E-state index in [9.17, 15) is 18.0 Å². The summed E-state index contributed by atoms with van der Waals surface area (Å²) in [5.41, 5.74) is 1.81. The molecule has 0 radical (unpaired) electrons. The van der Waals surface area contributed by atoms with Gasteiger partial charge in [0, 0.05) is 31.3 Å². The zero-order valence-electron chi connectivity index (χ0n) is 18.3. The lowest BCUT2D eigenvalue weighted by atomic mass is 10.1. The number of nitrogens with zero attached hydrogens (tertiary/aromatic N) is 6. The number of rotatable bonds is 6. The van der Waals surface area contributed by atoms with Gasteiger partial charge in [0.25, 0.3) is 5.56 Å². The lowest BCUT2D eigenvalue weighted by molar-refractivity contribution is 0.447. The molecule has 0 fully saturated rings. The Bertz CT molecular complexity index is 1390. The highest BCUT2D eigenvalue weighted by molar-refractivity contribution is 5.61. The van der Waals surface area contributed by atoms with Crippen LogP contribution in [0.4, 0.5) is 18.9 Å². The Balaban J connectivity index is 1.60. The van der Waals surface area contributed by atoms with Gasteiger partial charge in [0.05, 0.1) is 31.0 Å². The topological polar surface area (TPSA) is 76.3 Å². The lowest BCUT2D eigenvalue weighted by Crippen LogP contribution is -2.22. The molecule has 0 N–H and O–H groups in total. The molecule has 0 aliphatic heterocycles. The van der Waals surface area contributed by atoms with Gasteiger partial charge in [0.1, 0.15) is 5.69 Å². The number of hydrogen-bond donors (Lipinski definition) is 0. The molecule has 34 heavy (non-hydrogen) atoms. The zero-order chi connectivity index (χ0) is 24.2. The van der Waals surface area contributed by atoms with E-state index in [0.29, 0.717) is 11.5 Å². The van der Waals surface area contributed by atoms with E-state index in [1.165, 1.54) is 12.1 Å². The van der Waals surface area contributed by atoms with Crippen molar-refractivity contribution in [1.82, 2.24) is 24.6 Å². The lowest BCUT2D eigenvalue weighted by Gasteiger charge is -2.09. The van der Waals surface area contributed by atoms with E-state index in [1.54, 1.807) is 35.8 Å². The van der Waals surface area contributed by atoms with Crippen LogP contribution in [0.1, 0.15) is 5.56 Å². The third-order valence-corrected chi connectivity index (χ3v) is 4.74. The van der Waals surface area contributed by atoms with Crippen molar-refractivity contribution in [2.45, 2.75) is 6.54 Å². The molecule has 0 amide bonds. The molecule has 4 aromatic rings. The van der Waals surface area contributed by atoms with E-state index >= 15 is 0 Å². The summed E-state index contributed by atoms with van der Waals surface area (Å²) in [6, 6.07) is 11.5. The second-order valence-corrected chi connectivity index (χ2v) is 7.64. The highest BCUT2D eigenvalue weighted by Gasteiger charge is 2.13. The minimum Gasteiger partial charge on any atom is -0.369 e. The Hall–Kier alpha value is -4.34. The molecule has 172 valence electrons. The van der Waals surface area contributed by atoms with Crippen molar-refractivity contribution in [2.24, 2.45) is 4.99 Å². The molecule has 0 unspecified atom stereocenters. The molecule has 10 heteroatoms. The molecular weight excluding hydrogens is 445 g/mol. The van der Waals surface area contributed by atoms with E-state index in [0.717, 1.165) is 27.9 Å². The highest BCUT2D eigenvalue weighted by atomic mass is 19.2. The van der Waals surface area contributed by atoms with Crippen LogP contribution in [0, 0.1) is 17.5 Å². The smallest absolute Gasteiger partial charge is 0.267 e. The summed E-state index contributed by atoms with van der Waals surface area (Å²) in [7, 11) is 3.71. The third-order valence-electron chi connectivity index (χ3n) is 4.74. The minimum atomic E-state index is -1.56. The zero-order valence-corrected chi connectivity index (χ0v) is 18.3. The number of aromatic nitrogens is 4. The Kier molecular flexibility index (Phi) is 6.48. The number of aliphatic imine (C=N–C) groups is 1. The predicted molar refractivity (Wildman–Crippen MR) is 122 cm³/mol. The number of hydrogen-bond acceptors (Lipinski definition) is 5. The molecule has 0 saturated carbocycles. The van der Waals surface area contributed by atoms with E-state index < -0.39 is 23.0 Å². The molecule has 4 rings (SSSR count). The fourth-order valence-electron chi connectivity index (χ4n) is 3.12. The van der Waals surface area contributed by atoms with Crippen molar-refractivity contribution in [2.75, 3.05) is 14.1 Å². The molecule has 0 aliphatic rings. The van der Waals surface area contributed by atoms with Crippen molar-refractivity contribution >= 4 is 12.0 Å². The quantitative estimate of drug-likeness (QED) is 0.244. The normalized spacial score (nSPS) is 11.2. The average Bonchev–Trinajstić information content (AvgIpc) is 2.83.